The van der Waals surface area contributed by atoms with Crippen molar-refractivity contribution in [2.75, 3.05) is 20.8 Å². The summed E-state index contributed by atoms with van der Waals surface area (Å²) in [7, 11) is 3.10. The second-order valence-corrected chi connectivity index (χ2v) is 5.61. The summed E-state index contributed by atoms with van der Waals surface area (Å²) in [6.45, 7) is -0.238. The Balaban J connectivity index is 1.90. The lowest BCUT2D eigenvalue weighted by atomic mass is 10.2. The highest BCUT2D eigenvalue weighted by Crippen LogP contribution is 2.27. The quantitative estimate of drug-likeness (QED) is 0.587. The molecule has 0 aliphatic rings. The zero-order chi connectivity index (χ0) is 18.2. The SMILES string of the molecule is COc1ccc(/C=N\NC(=O)COc2ccc(Cl)cc2Cl)c(OC)c1. The molecule has 2 rings (SSSR count). The van der Waals surface area contributed by atoms with Gasteiger partial charge in [-0.2, -0.15) is 5.10 Å². The molecule has 0 unspecified atom stereocenters. The summed E-state index contributed by atoms with van der Waals surface area (Å²) >= 11 is 11.8. The predicted molar refractivity (Wildman–Crippen MR) is 97.2 cm³/mol. The summed E-state index contributed by atoms with van der Waals surface area (Å²) in [6.07, 6.45) is 1.46. The highest BCUT2D eigenvalue weighted by molar-refractivity contribution is 6.35. The second kappa shape index (κ2) is 9.15. The largest absolute Gasteiger partial charge is 0.497 e. The number of hydrogen-bond acceptors (Lipinski definition) is 5. The van der Waals surface area contributed by atoms with Gasteiger partial charge >= 0.3 is 0 Å². The van der Waals surface area contributed by atoms with Crippen molar-refractivity contribution >= 4 is 35.3 Å². The van der Waals surface area contributed by atoms with Gasteiger partial charge in [-0.1, -0.05) is 23.2 Å². The van der Waals surface area contributed by atoms with E-state index in [2.05, 4.69) is 10.5 Å². The first kappa shape index (κ1) is 18.9. The summed E-state index contributed by atoms with van der Waals surface area (Å²) in [4.78, 5) is 11.8. The van der Waals surface area contributed by atoms with E-state index in [9.17, 15) is 4.79 Å². The van der Waals surface area contributed by atoms with Crippen molar-refractivity contribution in [3.8, 4) is 17.2 Å². The number of halogens is 2. The maximum absolute atomic E-state index is 11.8. The number of hydrazone groups is 1. The smallest absolute Gasteiger partial charge is 0.277 e. The molecule has 1 amide bonds. The third-order valence-corrected chi connectivity index (χ3v) is 3.62. The summed E-state index contributed by atoms with van der Waals surface area (Å²) < 4.78 is 15.7. The minimum atomic E-state index is -0.435. The number of methoxy groups -OCH3 is 2. The van der Waals surface area contributed by atoms with Crippen LogP contribution < -0.4 is 19.6 Å². The molecule has 0 heterocycles. The first-order valence-corrected chi connectivity index (χ1v) is 7.91. The average Bonchev–Trinajstić information content (AvgIpc) is 2.61. The Morgan fingerprint density at radius 3 is 2.60 bits per heavy atom. The molecule has 2 aromatic carbocycles. The van der Waals surface area contributed by atoms with Gasteiger partial charge in [0, 0.05) is 16.7 Å². The molecule has 0 saturated carbocycles. The number of nitrogens with one attached hydrogen (secondary N) is 1. The summed E-state index contributed by atoms with van der Waals surface area (Å²) in [5.41, 5.74) is 3.05. The molecule has 0 aliphatic heterocycles. The number of benzene rings is 2. The van der Waals surface area contributed by atoms with Crippen LogP contribution in [0.2, 0.25) is 10.0 Å². The molecule has 0 atom stereocenters. The Labute approximate surface area is 155 Å². The molecule has 0 fully saturated rings. The van der Waals surface area contributed by atoms with E-state index in [0.29, 0.717) is 32.9 Å². The third-order valence-electron chi connectivity index (χ3n) is 3.09. The summed E-state index contributed by atoms with van der Waals surface area (Å²) in [6, 6.07) is 9.98. The van der Waals surface area contributed by atoms with E-state index >= 15 is 0 Å². The molecule has 6 nitrogen and oxygen atoms in total. The molecule has 0 aliphatic carbocycles. The maximum Gasteiger partial charge on any atom is 0.277 e. The molecule has 2 aromatic rings. The number of nitrogens with zero attached hydrogens (tertiary/aromatic N) is 1. The van der Waals surface area contributed by atoms with Crippen molar-refractivity contribution < 1.29 is 19.0 Å². The van der Waals surface area contributed by atoms with Gasteiger partial charge < -0.3 is 14.2 Å². The van der Waals surface area contributed by atoms with Gasteiger partial charge in [-0.25, -0.2) is 5.43 Å². The molecule has 8 heteroatoms. The number of ether oxygens (including phenoxy) is 3. The Kier molecular flexibility index (Phi) is 6.91. The average molecular weight is 383 g/mol. The van der Waals surface area contributed by atoms with Crippen LogP contribution in [0.3, 0.4) is 0 Å². The first-order valence-electron chi connectivity index (χ1n) is 7.15. The van der Waals surface area contributed by atoms with Crippen molar-refractivity contribution in [3.63, 3.8) is 0 Å². The molecular weight excluding hydrogens is 367 g/mol. The monoisotopic (exact) mass is 382 g/mol. The molecule has 0 radical (unpaired) electrons. The van der Waals surface area contributed by atoms with Crippen molar-refractivity contribution in [2.45, 2.75) is 0 Å². The Bertz CT molecular complexity index is 781. The predicted octanol–water partition coefficient (Wildman–Crippen LogP) is 3.54. The number of amides is 1. The Morgan fingerprint density at radius 2 is 1.92 bits per heavy atom. The summed E-state index contributed by atoms with van der Waals surface area (Å²) in [5.74, 6) is 1.16. The lowest BCUT2D eigenvalue weighted by Gasteiger charge is -2.08. The minimum Gasteiger partial charge on any atom is -0.497 e. The molecule has 0 aromatic heterocycles. The second-order valence-electron chi connectivity index (χ2n) is 4.76. The maximum atomic E-state index is 11.8. The number of hydrogen-bond donors (Lipinski definition) is 1. The van der Waals surface area contributed by atoms with Crippen LogP contribution in [-0.4, -0.2) is 32.9 Å². The van der Waals surface area contributed by atoms with Crippen molar-refractivity contribution in [1.29, 1.82) is 0 Å². The third kappa shape index (κ3) is 5.55. The van der Waals surface area contributed by atoms with Crippen LogP contribution in [0.4, 0.5) is 0 Å². The van der Waals surface area contributed by atoms with E-state index in [1.807, 2.05) is 0 Å². The van der Waals surface area contributed by atoms with E-state index < -0.39 is 5.91 Å². The van der Waals surface area contributed by atoms with E-state index in [-0.39, 0.29) is 6.61 Å². The Hall–Kier alpha value is -2.44. The molecule has 132 valence electrons. The molecular formula is C17H16Cl2N2O4. The van der Waals surface area contributed by atoms with Crippen LogP contribution in [0.15, 0.2) is 41.5 Å². The van der Waals surface area contributed by atoms with Crippen LogP contribution in [0.25, 0.3) is 0 Å². The number of rotatable bonds is 7. The number of carbonyl (C=O) groups excluding carboxylic acids is 1. The van der Waals surface area contributed by atoms with Gasteiger partial charge in [-0.3, -0.25) is 4.79 Å². The lowest BCUT2D eigenvalue weighted by Crippen LogP contribution is -2.24. The van der Waals surface area contributed by atoms with Crippen molar-refractivity contribution in [1.82, 2.24) is 5.43 Å². The normalized spacial score (nSPS) is 10.6. The van der Waals surface area contributed by atoms with Gasteiger partial charge in [-0.05, 0) is 30.3 Å². The van der Waals surface area contributed by atoms with Crippen molar-refractivity contribution in [2.24, 2.45) is 5.10 Å². The lowest BCUT2D eigenvalue weighted by molar-refractivity contribution is -0.123. The number of carbonyl (C=O) groups is 1. The highest BCUT2D eigenvalue weighted by atomic mass is 35.5. The van der Waals surface area contributed by atoms with E-state index in [1.165, 1.54) is 19.4 Å². The molecule has 1 N–H and O–H groups in total. The van der Waals surface area contributed by atoms with Gasteiger partial charge in [0.2, 0.25) is 0 Å². The van der Waals surface area contributed by atoms with E-state index in [4.69, 9.17) is 37.4 Å². The molecule has 25 heavy (non-hydrogen) atoms. The Morgan fingerprint density at radius 1 is 1.12 bits per heavy atom. The van der Waals surface area contributed by atoms with Gasteiger partial charge in [0.15, 0.2) is 6.61 Å². The van der Waals surface area contributed by atoms with Crippen LogP contribution in [-0.2, 0) is 4.79 Å². The van der Waals surface area contributed by atoms with E-state index in [1.54, 1.807) is 37.4 Å². The minimum absolute atomic E-state index is 0.238. The fourth-order valence-corrected chi connectivity index (χ4v) is 2.33. The fraction of sp³-hybridized carbons (Fsp3) is 0.176. The standard InChI is InChI=1S/C17H16Cl2N2O4/c1-23-13-5-3-11(16(8-13)24-2)9-20-21-17(22)10-25-15-6-4-12(18)7-14(15)19/h3-9H,10H2,1-2H3,(H,21,22)/b20-9-. The molecule has 0 saturated heterocycles. The van der Waals surface area contributed by atoms with Crippen molar-refractivity contribution in [3.05, 3.63) is 52.0 Å². The van der Waals surface area contributed by atoms with Gasteiger partial charge in [0.25, 0.3) is 5.91 Å². The highest BCUT2D eigenvalue weighted by Gasteiger charge is 2.06. The zero-order valence-electron chi connectivity index (χ0n) is 13.6. The van der Waals surface area contributed by atoms with Gasteiger partial charge in [0.05, 0.1) is 25.5 Å². The van der Waals surface area contributed by atoms with E-state index in [0.717, 1.165) is 0 Å². The topological polar surface area (TPSA) is 69.2 Å². The van der Waals surface area contributed by atoms with Crippen LogP contribution >= 0.6 is 23.2 Å². The van der Waals surface area contributed by atoms with Gasteiger partial charge in [0.1, 0.15) is 17.2 Å². The van der Waals surface area contributed by atoms with Crippen LogP contribution in [0.1, 0.15) is 5.56 Å². The molecule has 0 spiro atoms. The van der Waals surface area contributed by atoms with Crippen LogP contribution in [0, 0.1) is 0 Å². The molecule has 0 bridgehead atoms. The fourth-order valence-electron chi connectivity index (χ4n) is 1.87. The zero-order valence-corrected chi connectivity index (χ0v) is 15.1. The summed E-state index contributed by atoms with van der Waals surface area (Å²) in [5, 5.41) is 4.69. The first-order chi connectivity index (χ1) is 12.0. The van der Waals surface area contributed by atoms with Gasteiger partial charge in [-0.15, -0.1) is 0 Å². The van der Waals surface area contributed by atoms with Crippen LogP contribution in [0.5, 0.6) is 17.2 Å².